The number of nitrogens with one attached hydrogen (secondary N) is 1. The maximum absolute atomic E-state index is 3.30. The van der Waals surface area contributed by atoms with Crippen LogP contribution in [0.3, 0.4) is 0 Å². The second kappa shape index (κ2) is 4.81. The summed E-state index contributed by atoms with van der Waals surface area (Å²) in [5, 5.41) is 3.30. The fraction of sp³-hybridized carbons (Fsp3) is 0.500. The van der Waals surface area contributed by atoms with E-state index >= 15 is 0 Å². The molecule has 1 fully saturated rings. The Hall–Kier alpha value is -0.530. The molecule has 1 heterocycles. The molecule has 0 bridgehead atoms. The van der Waals surface area contributed by atoms with Crippen LogP contribution in [0.2, 0.25) is 0 Å². The zero-order chi connectivity index (χ0) is 9.26. The van der Waals surface area contributed by atoms with Gasteiger partial charge in [0.2, 0.25) is 0 Å². The van der Waals surface area contributed by atoms with E-state index in [1.54, 1.807) is 0 Å². The van der Waals surface area contributed by atoms with Crippen molar-refractivity contribution in [2.24, 2.45) is 0 Å². The quantitative estimate of drug-likeness (QED) is 0.794. The predicted molar refractivity (Wildman–Crippen MR) is 63.4 cm³/mol. The molecule has 0 aliphatic carbocycles. The summed E-state index contributed by atoms with van der Waals surface area (Å²) in [6.07, 6.45) is 0. The molecule has 1 saturated heterocycles. The predicted octanol–water partition coefficient (Wildman–Crippen LogP) is 2.92. The SMILES string of the molecule is CC(C)c1ccc(C2CNC2)cc1.Cl. The third-order valence-electron chi connectivity index (χ3n) is 2.86. The summed E-state index contributed by atoms with van der Waals surface area (Å²) in [5.41, 5.74) is 2.93. The van der Waals surface area contributed by atoms with Crippen LogP contribution in [0.15, 0.2) is 24.3 Å². The van der Waals surface area contributed by atoms with E-state index in [-0.39, 0.29) is 12.4 Å². The van der Waals surface area contributed by atoms with Crippen molar-refractivity contribution in [1.29, 1.82) is 0 Å². The molecule has 0 spiro atoms. The fourth-order valence-electron chi connectivity index (χ4n) is 1.68. The van der Waals surface area contributed by atoms with Crippen molar-refractivity contribution in [2.45, 2.75) is 25.7 Å². The van der Waals surface area contributed by atoms with Crippen molar-refractivity contribution in [3.05, 3.63) is 35.4 Å². The largest absolute Gasteiger partial charge is 0.315 e. The van der Waals surface area contributed by atoms with Gasteiger partial charge in [0.05, 0.1) is 0 Å². The Morgan fingerprint density at radius 2 is 1.71 bits per heavy atom. The molecule has 1 aliphatic heterocycles. The molecule has 1 nitrogen and oxygen atoms in total. The van der Waals surface area contributed by atoms with Gasteiger partial charge in [0.25, 0.3) is 0 Å². The highest BCUT2D eigenvalue weighted by Crippen LogP contribution is 2.22. The molecule has 1 aromatic rings. The Bertz CT molecular complexity index is 275. The van der Waals surface area contributed by atoms with E-state index in [2.05, 4.69) is 43.4 Å². The summed E-state index contributed by atoms with van der Waals surface area (Å²) in [6.45, 7) is 6.78. The molecule has 0 unspecified atom stereocenters. The van der Waals surface area contributed by atoms with E-state index in [0.717, 1.165) is 19.0 Å². The summed E-state index contributed by atoms with van der Waals surface area (Å²) < 4.78 is 0. The molecule has 1 N–H and O–H groups in total. The first-order valence-electron chi connectivity index (χ1n) is 5.08. The molecule has 14 heavy (non-hydrogen) atoms. The minimum atomic E-state index is 0. The van der Waals surface area contributed by atoms with E-state index < -0.39 is 0 Å². The second-order valence-corrected chi connectivity index (χ2v) is 4.18. The van der Waals surface area contributed by atoms with E-state index in [1.807, 2.05) is 0 Å². The van der Waals surface area contributed by atoms with Crippen LogP contribution in [0.25, 0.3) is 0 Å². The van der Waals surface area contributed by atoms with Crippen LogP contribution >= 0.6 is 12.4 Å². The average Bonchev–Trinajstić information content (AvgIpc) is 2.02. The highest BCUT2D eigenvalue weighted by molar-refractivity contribution is 5.85. The first kappa shape index (κ1) is 11.5. The van der Waals surface area contributed by atoms with Crippen LogP contribution in [-0.2, 0) is 0 Å². The van der Waals surface area contributed by atoms with Gasteiger partial charge < -0.3 is 5.32 Å². The summed E-state index contributed by atoms with van der Waals surface area (Å²) in [7, 11) is 0. The summed E-state index contributed by atoms with van der Waals surface area (Å²) in [5.74, 6) is 1.41. The molecule has 0 radical (unpaired) electrons. The Morgan fingerprint density at radius 1 is 1.14 bits per heavy atom. The summed E-state index contributed by atoms with van der Waals surface area (Å²) in [6, 6.07) is 9.08. The average molecular weight is 212 g/mol. The lowest BCUT2D eigenvalue weighted by molar-refractivity contribution is 0.448. The molecule has 2 heteroatoms. The van der Waals surface area contributed by atoms with Crippen molar-refractivity contribution in [3.63, 3.8) is 0 Å². The Labute approximate surface area is 92.3 Å². The van der Waals surface area contributed by atoms with Crippen LogP contribution < -0.4 is 5.32 Å². The normalized spacial score (nSPS) is 16.2. The van der Waals surface area contributed by atoms with Crippen molar-refractivity contribution < 1.29 is 0 Å². The van der Waals surface area contributed by atoms with Gasteiger partial charge in [0.1, 0.15) is 0 Å². The van der Waals surface area contributed by atoms with Crippen LogP contribution in [0.4, 0.5) is 0 Å². The van der Waals surface area contributed by atoms with Crippen molar-refractivity contribution in [2.75, 3.05) is 13.1 Å². The molecular weight excluding hydrogens is 194 g/mol. The lowest BCUT2D eigenvalue weighted by Gasteiger charge is -2.27. The van der Waals surface area contributed by atoms with Gasteiger partial charge in [-0.15, -0.1) is 12.4 Å². The summed E-state index contributed by atoms with van der Waals surface area (Å²) >= 11 is 0. The van der Waals surface area contributed by atoms with Gasteiger partial charge in [0.15, 0.2) is 0 Å². The fourth-order valence-corrected chi connectivity index (χ4v) is 1.68. The van der Waals surface area contributed by atoms with Crippen LogP contribution in [0.1, 0.15) is 36.8 Å². The monoisotopic (exact) mass is 211 g/mol. The van der Waals surface area contributed by atoms with E-state index in [9.17, 15) is 0 Å². The van der Waals surface area contributed by atoms with Crippen molar-refractivity contribution >= 4 is 12.4 Å². The highest BCUT2D eigenvalue weighted by atomic mass is 35.5. The maximum atomic E-state index is 3.30. The molecule has 1 aliphatic rings. The van der Waals surface area contributed by atoms with Gasteiger partial charge in [-0.05, 0) is 17.0 Å². The van der Waals surface area contributed by atoms with Gasteiger partial charge in [-0.1, -0.05) is 38.1 Å². The first-order valence-corrected chi connectivity index (χ1v) is 5.08. The first-order chi connectivity index (χ1) is 6.27. The van der Waals surface area contributed by atoms with Gasteiger partial charge >= 0.3 is 0 Å². The van der Waals surface area contributed by atoms with Gasteiger partial charge in [-0.3, -0.25) is 0 Å². The van der Waals surface area contributed by atoms with Crippen LogP contribution in [0.5, 0.6) is 0 Å². The lowest BCUT2D eigenvalue weighted by atomic mass is 9.91. The van der Waals surface area contributed by atoms with Crippen molar-refractivity contribution in [1.82, 2.24) is 5.32 Å². The van der Waals surface area contributed by atoms with Gasteiger partial charge in [-0.2, -0.15) is 0 Å². The van der Waals surface area contributed by atoms with E-state index in [0.29, 0.717) is 5.92 Å². The smallest absolute Gasteiger partial charge is 0.00885 e. The summed E-state index contributed by atoms with van der Waals surface area (Å²) in [4.78, 5) is 0. The van der Waals surface area contributed by atoms with Crippen LogP contribution in [-0.4, -0.2) is 13.1 Å². The lowest BCUT2D eigenvalue weighted by Crippen LogP contribution is -2.39. The number of rotatable bonds is 2. The minimum absolute atomic E-state index is 0. The van der Waals surface area contributed by atoms with Gasteiger partial charge in [0, 0.05) is 19.0 Å². The molecule has 2 rings (SSSR count). The molecule has 0 atom stereocenters. The third-order valence-corrected chi connectivity index (χ3v) is 2.86. The maximum Gasteiger partial charge on any atom is 0.00885 e. The molecule has 78 valence electrons. The molecule has 0 saturated carbocycles. The minimum Gasteiger partial charge on any atom is -0.315 e. The second-order valence-electron chi connectivity index (χ2n) is 4.18. The van der Waals surface area contributed by atoms with E-state index in [4.69, 9.17) is 0 Å². The van der Waals surface area contributed by atoms with Crippen molar-refractivity contribution in [3.8, 4) is 0 Å². The zero-order valence-electron chi connectivity index (χ0n) is 8.79. The Balaban J connectivity index is 0.000000980. The number of hydrogen-bond donors (Lipinski definition) is 1. The molecule has 1 aromatic carbocycles. The van der Waals surface area contributed by atoms with Gasteiger partial charge in [-0.25, -0.2) is 0 Å². The molecule has 0 amide bonds. The third kappa shape index (κ3) is 2.28. The molecular formula is C12H18ClN. The Morgan fingerprint density at radius 3 is 2.07 bits per heavy atom. The Kier molecular flexibility index (Phi) is 3.97. The number of benzene rings is 1. The number of hydrogen-bond acceptors (Lipinski definition) is 1. The highest BCUT2D eigenvalue weighted by Gasteiger charge is 2.18. The molecule has 0 aromatic heterocycles. The number of halogens is 1. The topological polar surface area (TPSA) is 12.0 Å². The zero-order valence-corrected chi connectivity index (χ0v) is 9.60. The van der Waals surface area contributed by atoms with Crippen LogP contribution in [0, 0.1) is 0 Å². The standard InChI is InChI=1S/C12H17N.ClH/c1-9(2)10-3-5-11(6-4-10)12-7-13-8-12;/h3-6,9,12-13H,7-8H2,1-2H3;1H. The van der Waals surface area contributed by atoms with E-state index in [1.165, 1.54) is 11.1 Å².